The Morgan fingerprint density at radius 2 is 1.02 bits per heavy atom. The fourth-order valence-corrected chi connectivity index (χ4v) is 9.73. The van der Waals surface area contributed by atoms with Crippen LogP contribution in [-0.2, 0) is 10.8 Å². The number of hydrogen-bond acceptors (Lipinski definition) is 2. The molecule has 9 rings (SSSR count). The zero-order chi connectivity index (χ0) is 35.8. The normalized spacial score (nSPS) is 18.5. The molecule has 0 radical (unpaired) electrons. The van der Waals surface area contributed by atoms with E-state index < -0.39 is 0 Å². The van der Waals surface area contributed by atoms with E-state index in [-0.39, 0.29) is 10.8 Å². The van der Waals surface area contributed by atoms with Crippen LogP contribution >= 0.6 is 0 Å². The summed E-state index contributed by atoms with van der Waals surface area (Å²) in [6.45, 7) is 14.7. The second-order valence-electron chi connectivity index (χ2n) is 15.9. The molecule has 52 heavy (non-hydrogen) atoms. The molecule has 0 aromatic heterocycles. The molecule has 3 aliphatic carbocycles. The van der Waals surface area contributed by atoms with E-state index >= 15 is 0 Å². The summed E-state index contributed by atoms with van der Waals surface area (Å²) in [6.07, 6.45) is 7.47. The lowest BCUT2D eigenvalue weighted by Crippen LogP contribution is -2.30. The van der Waals surface area contributed by atoms with Gasteiger partial charge < -0.3 is 9.80 Å². The monoisotopic (exact) mass is 674 g/mol. The van der Waals surface area contributed by atoms with Crippen molar-refractivity contribution in [1.82, 2.24) is 0 Å². The maximum absolute atomic E-state index is 2.58. The maximum Gasteiger partial charge on any atom is 0.0465 e. The molecule has 0 fully saturated rings. The molecule has 0 heterocycles. The SMILES string of the molecule is Cc1c(C)c2c(c3c1-c1ccc(N(c4ccccc4)c4ccccc4)cc1C3(C)C)C(C)(C)C1C=C(N(c3ccccc3)c3ccccc3)C=CC21. The van der Waals surface area contributed by atoms with Crippen LogP contribution in [0.5, 0.6) is 0 Å². The summed E-state index contributed by atoms with van der Waals surface area (Å²) in [5.74, 6) is 0.650. The molecule has 2 atom stereocenters. The largest absolute Gasteiger partial charge is 0.311 e. The third-order valence-corrected chi connectivity index (χ3v) is 12.3. The summed E-state index contributed by atoms with van der Waals surface area (Å²) in [6, 6.07) is 50.3. The van der Waals surface area contributed by atoms with Crippen LogP contribution in [0.2, 0.25) is 0 Å². The fraction of sp³-hybridized carbons (Fsp3) is 0.200. The Morgan fingerprint density at radius 1 is 0.519 bits per heavy atom. The number of hydrogen-bond donors (Lipinski definition) is 0. The molecule has 6 aromatic carbocycles. The Bertz CT molecular complexity index is 2290. The molecular weight excluding hydrogens is 629 g/mol. The van der Waals surface area contributed by atoms with Gasteiger partial charge in [-0.05, 0) is 136 Å². The lowest BCUT2D eigenvalue weighted by atomic mass is 9.69. The minimum Gasteiger partial charge on any atom is -0.311 e. The molecule has 2 unspecified atom stereocenters. The first-order valence-electron chi connectivity index (χ1n) is 18.7. The third kappa shape index (κ3) is 4.77. The van der Waals surface area contributed by atoms with E-state index in [4.69, 9.17) is 0 Å². The highest BCUT2D eigenvalue weighted by atomic mass is 15.2. The van der Waals surface area contributed by atoms with Crippen molar-refractivity contribution in [2.45, 2.75) is 58.3 Å². The van der Waals surface area contributed by atoms with Gasteiger partial charge in [0, 0.05) is 45.5 Å². The van der Waals surface area contributed by atoms with Gasteiger partial charge in [-0.15, -0.1) is 0 Å². The predicted molar refractivity (Wildman–Crippen MR) is 220 cm³/mol. The molecule has 0 aliphatic heterocycles. The van der Waals surface area contributed by atoms with E-state index in [0.717, 1.165) is 11.4 Å². The van der Waals surface area contributed by atoms with Crippen molar-refractivity contribution in [2.75, 3.05) is 9.80 Å². The zero-order valence-corrected chi connectivity index (χ0v) is 31.1. The number of allylic oxidation sites excluding steroid dienone is 3. The number of nitrogens with zero attached hydrogens (tertiary/aromatic N) is 2. The summed E-state index contributed by atoms with van der Waals surface area (Å²) < 4.78 is 0. The highest BCUT2D eigenvalue weighted by Crippen LogP contribution is 2.63. The molecule has 0 saturated heterocycles. The van der Waals surface area contributed by atoms with E-state index in [1.807, 2.05) is 0 Å². The highest BCUT2D eigenvalue weighted by Gasteiger charge is 2.52. The molecule has 0 bridgehead atoms. The Hall–Kier alpha value is -5.60. The Morgan fingerprint density at radius 3 is 1.54 bits per heavy atom. The highest BCUT2D eigenvalue weighted by molar-refractivity contribution is 5.90. The number of benzene rings is 6. The minimum absolute atomic E-state index is 0.0835. The van der Waals surface area contributed by atoms with Gasteiger partial charge in [0.15, 0.2) is 0 Å². The first-order valence-corrected chi connectivity index (χ1v) is 18.7. The van der Waals surface area contributed by atoms with Crippen LogP contribution in [0.15, 0.2) is 163 Å². The van der Waals surface area contributed by atoms with Crippen molar-refractivity contribution in [3.8, 4) is 11.1 Å². The summed E-state index contributed by atoms with van der Waals surface area (Å²) in [7, 11) is 0. The number of rotatable bonds is 6. The second-order valence-corrected chi connectivity index (χ2v) is 15.9. The van der Waals surface area contributed by atoms with E-state index in [1.54, 1.807) is 11.1 Å². The van der Waals surface area contributed by atoms with E-state index in [9.17, 15) is 0 Å². The molecule has 0 spiro atoms. The molecule has 3 aliphatic rings. The van der Waals surface area contributed by atoms with Crippen molar-refractivity contribution < 1.29 is 0 Å². The number of anilines is 5. The van der Waals surface area contributed by atoms with Crippen molar-refractivity contribution >= 4 is 28.4 Å². The zero-order valence-electron chi connectivity index (χ0n) is 31.1. The van der Waals surface area contributed by atoms with Gasteiger partial charge in [0.25, 0.3) is 0 Å². The topological polar surface area (TPSA) is 6.48 Å². The van der Waals surface area contributed by atoms with Crippen LogP contribution in [0.3, 0.4) is 0 Å². The molecule has 2 nitrogen and oxygen atoms in total. The van der Waals surface area contributed by atoms with Crippen LogP contribution < -0.4 is 9.80 Å². The van der Waals surface area contributed by atoms with Crippen LogP contribution in [0.1, 0.15) is 67.0 Å². The van der Waals surface area contributed by atoms with Crippen LogP contribution in [0.25, 0.3) is 11.1 Å². The molecule has 0 saturated carbocycles. The van der Waals surface area contributed by atoms with Gasteiger partial charge in [0.2, 0.25) is 0 Å². The molecule has 0 amide bonds. The number of para-hydroxylation sites is 4. The third-order valence-electron chi connectivity index (χ3n) is 12.3. The average Bonchev–Trinajstić information content (AvgIpc) is 3.54. The Balaban J connectivity index is 1.19. The second kappa shape index (κ2) is 12.0. The van der Waals surface area contributed by atoms with Gasteiger partial charge in [0.1, 0.15) is 0 Å². The van der Waals surface area contributed by atoms with Gasteiger partial charge in [-0.1, -0.05) is 119 Å². The van der Waals surface area contributed by atoms with Gasteiger partial charge in [-0.2, -0.15) is 0 Å². The molecule has 6 aromatic rings. The summed E-state index contributed by atoms with van der Waals surface area (Å²) in [5, 5.41) is 0. The molecule has 256 valence electrons. The molecule has 2 heteroatoms. The minimum atomic E-state index is -0.177. The van der Waals surface area contributed by atoms with E-state index in [2.05, 4.69) is 209 Å². The number of fused-ring (bicyclic) bond motifs is 7. The summed E-state index contributed by atoms with van der Waals surface area (Å²) in [4.78, 5) is 4.81. The van der Waals surface area contributed by atoms with Crippen molar-refractivity contribution in [3.63, 3.8) is 0 Å². The quantitative estimate of drug-likeness (QED) is 0.173. The summed E-state index contributed by atoms with van der Waals surface area (Å²) >= 11 is 0. The van der Waals surface area contributed by atoms with Gasteiger partial charge >= 0.3 is 0 Å². The van der Waals surface area contributed by atoms with Gasteiger partial charge in [0.05, 0.1) is 0 Å². The maximum atomic E-state index is 2.58. The molecular formula is C50H46N2. The fourth-order valence-electron chi connectivity index (χ4n) is 9.73. The predicted octanol–water partition coefficient (Wildman–Crippen LogP) is 13.4. The first-order chi connectivity index (χ1) is 25.2. The van der Waals surface area contributed by atoms with Crippen molar-refractivity contribution in [3.05, 3.63) is 197 Å². The van der Waals surface area contributed by atoms with E-state index in [1.165, 1.54) is 56.1 Å². The summed E-state index contributed by atoms with van der Waals surface area (Å²) in [5.41, 5.74) is 18.6. The standard InChI is InChI=1S/C50H46N2/c1-33-34(2)46-42-30-28-40(52(37-23-15-9-16-24-37)38-25-17-10-18-26-38)32-44(42)50(5,6)48(46)47-45(33)41-29-27-39(31-43(41)49(47,3)4)51(35-19-11-7-12-20-35)36-21-13-8-14-22-36/h7-32,41,43H,1-6H3. The Kier molecular flexibility index (Phi) is 7.45. The lowest BCUT2D eigenvalue weighted by Gasteiger charge is -2.36. The first kappa shape index (κ1) is 32.3. The van der Waals surface area contributed by atoms with Crippen LogP contribution in [-0.4, -0.2) is 0 Å². The average molecular weight is 675 g/mol. The van der Waals surface area contributed by atoms with Crippen molar-refractivity contribution in [2.24, 2.45) is 5.92 Å². The van der Waals surface area contributed by atoms with Crippen LogP contribution in [0, 0.1) is 19.8 Å². The van der Waals surface area contributed by atoms with Gasteiger partial charge in [-0.25, -0.2) is 0 Å². The van der Waals surface area contributed by atoms with Crippen molar-refractivity contribution in [1.29, 1.82) is 0 Å². The Labute approximate surface area is 309 Å². The van der Waals surface area contributed by atoms with Gasteiger partial charge in [-0.3, -0.25) is 0 Å². The molecule has 0 N–H and O–H groups in total. The van der Waals surface area contributed by atoms with E-state index in [0.29, 0.717) is 11.8 Å². The van der Waals surface area contributed by atoms with Crippen LogP contribution in [0.4, 0.5) is 28.4 Å². The smallest absolute Gasteiger partial charge is 0.0465 e. The lowest BCUT2D eigenvalue weighted by molar-refractivity contribution is 0.387.